The van der Waals surface area contributed by atoms with Gasteiger partial charge in [0.25, 0.3) is 0 Å². The third-order valence-electron chi connectivity index (χ3n) is 1.22. The summed E-state index contributed by atoms with van der Waals surface area (Å²) in [4.78, 5) is 2.53. The number of anilines is 1. The number of nitrogen functional groups attached to an aromatic ring is 1. The highest BCUT2D eigenvalue weighted by Crippen LogP contribution is 2.05. The molecular weight excluding hydrogens is 148 g/mol. The Bertz CT molecular complexity index is 213. The highest BCUT2D eigenvalue weighted by molar-refractivity contribution is 6.13. The molecule has 3 N–H and O–H groups in total. The first-order valence-electron chi connectivity index (χ1n) is 3.01. The molecule has 1 rings (SSSR count). The quantitative estimate of drug-likeness (QED) is 0.503. The summed E-state index contributed by atoms with van der Waals surface area (Å²) in [5.74, 6) is 0. The first kappa shape index (κ1) is 7.38. The molecule has 1 aromatic rings. The van der Waals surface area contributed by atoms with Crippen LogP contribution in [0.15, 0.2) is 24.3 Å². The van der Waals surface area contributed by atoms with E-state index in [4.69, 9.17) is 17.5 Å². The van der Waals surface area contributed by atoms with Crippen LogP contribution in [0.4, 0.5) is 5.69 Å². The van der Waals surface area contributed by atoms with Crippen molar-refractivity contribution in [2.45, 2.75) is 6.54 Å². The van der Waals surface area contributed by atoms with E-state index in [1.165, 1.54) is 0 Å². The summed E-state index contributed by atoms with van der Waals surface area (Å²) in [6.07, 6.45) is 0. The number of nitrogens with one attached hydrogen (secondary N) is 1. The van der Waals surface area contributed by atoms with Crippen LogP contribution in [-0.4, -0.2) is 0 Å². The molecule has 0 heterocycles. The van der Waals surface area contributed by atoms with E-state index in [2.05, 4.69) is 4.84 Å². The number of halogens is 1. The van der Waals surface area contributed by atoms with E-state index in [-0.39, 0.29) is 0 Å². The van der Waals surface area contributed by atoms with Gasteiger partial charge in [0.15, 0.2) is 0 Å². The molecule has 0 aromatic heterocycles. The summed E-state index contributed by atoms with van der Waals surface area (Å²) in [6, 6.07) is 7.59. The van der Waals surface area contributed by atoms with Crippen LogP contribution < -0.4 is 10.6 Å². The molecule has 1 aromatic carbocycles. The summed E-state index contributed by atoms with van der Waals surface area (Å²) in [5, 5.41) is 0. The maximum atomic E-state index is 5.52. The molecule has 0 unspecified atom stereocenters. The topological polar surface area (TPSA) is 38.0 Å². The highest BCUT2D eigenvalue weighted by atomic mass is 35.5. The van der Waals surface area contributed by atoms with Crippen molar-refractivity contribution in [1.82, 2.24) is 4.84 Å². The predicted molar refractivity (Wildman–Crippen MR) is 43.5 cm³/mol. The van der Waals surface area contributed by atoms with Crippen LogP contribution in [0, 0.1) is 0 Å². The second-order valence-electron chi connectivity index (χ2n) is 2.06. The number of benzene rings is 1. The fraction of sp³-hybridized carbons (Fsp3) is 0.143. The molecule has 0 saturated heterocycles. The smallest absolute Gasteiger partial charge is 0.0359 e. The van der Waals surface area contributed by atoms with E-state index in [1.807, 2.05) is 24.3 Å². The number of hydrogen-bond acceptors (Lipinski definition) is 2. The average molecular weight is 157 g/mol. The Hall–Kier alpha value is -0.730. The zero-order valence-corrected chi connectivity index (χ0v) is 6.23. The normalized spacial score (nSPS) is 9.70. The van der Waals surface area contributed by atoms with Gasteiger partial charge in [0.2, 0.25) is 0 Å². The molecule has 54 valence electrons. The van der Waals surface area contributed by atoms with E-state index in [1.54, 1.807) is 0 Å². The number of rotatable bonds is 2. The van der Waals surface area contributed by atoms with Gasteiger partial charge in [0.05, 0.1) is 0 Å². The summed E-state index contributed by atoms with van der Waals surface area (Å²) >= 11 is 5.30. The Morgan fingerprint density at radius 3 is 2.90 bits per heavy atom. The molecule has 0 spiro atoms. The Morgan fingerprint density at radius 2 is 2.30 bits per heavy atom. The van der Waals surface area contributed by atoms with E-state index in [0.717, 1.165) is 11.3 Å². The van der Waals surface area contributed by atoms with Gasteiger partial charge in [0.1, 0.15) is 0 Å². The third-order valence-corrected chi connectivity index (χ3v) is 1.36. The van der Waals surface area contributed by atoms with Crippen LogP contribution in [0.25, 0.3) is 0 Å². The molecule has 0 atom stereocenters. The van der Waals surface area contributed by atoms with Crippen molar-refractivity contribution in [3.8, 4) is 0 Å². The lowest BCUT2D eigenvalue weighted by atomic mass is 10.2. The summed E-state index contributed by atoms with van der Waals surface area (Å²) in [7, 11) is 0. The lowest BCUT2D eigenvalue weighted by molar-refractivity contribution is 0.964. The van der Waals surface area contributed by atoms with Crippen LogP contribution in [0.2, 0.25) is 0 Å². The van der Waals surface area contributed by atoms with E-state index >= 15 is 0 Å². The standard InChI is InChI=1S/C7H9ClN2/c8-10-5-6-2-1-3-7(9)4-6/h1-4,10H,5,9H2. The average Bonchev–Trinajstić information content (AvgIpc) is 1.88. The van der Waals surface area contributed by atoms with Crippen molar-refractivity contribution in [1.29, 1.82) is 0 Å². The maximum Gasteiger partial charge on any atom is 0.0359 e. The van der Waals surface area contributed by atoms with Crippen molar-refractivity contribution in [2.75, 3.05) is 5.73 Å². The summed E-state index contributed by atoms with van der Waals surface area (Å²) in [5.41, 5.74) is 7.38. The molecule has 10 heavy (non-hydrogen) atoms. The van der Waals surface area contributed by atoms with Gasteiger partial charge in [0, 0.05) is 12.2 Å². The minimum absolute atomic E-state index is 0.645. The highest BCUT2D eigenvalue weighted by Gasteiger charge is 1.89. The molecule has 0 aliphatic heterocycles. The predicted octanol–water partition coefficient (Wildman–Crippen LogP) is 1.51. The molecular formula is C7H9ClN2. The molecule has 0 aliphatic rings. The van der Waals surface area contributed by atoms with Crippen molar-refractivity contribution in [2.24, 2.45) is 0 Å². The van der Waals surface area contributed by atoms with E-state index < -0.39 is 0 Å². The van der Waals surface area contributed by atoms with Gasteiger partial charge in [-0.2, -0.15) is 0 Å². The van der Waals surface area contributed by atoms with Crippen molar-refractivity contribution < 1.29 is 0 Å². The molecule has 0 saturated carbocycles. The largest absolute Gasteiger partial charge is 0.399 e. The molecule has 2 nitrogen and oxygen atoms in total. The minimum Gasteiger partial charge on any atom is -0.399 e. The summed E-state index contributed by atoms with van der Waals surface area (Å²) in [6.45, 7) is 0.645. The van der Waals surface area contributed by atoms with Crippen LogP contribution in [0.5, 0.6) is 0 Å². The SMILES string of the molecule is Nc1cccc(CNCl)c1. The van der Waals surface area contributed by atoms with Crippen LogP contribution in [0.3, 0.4) is 0 Å². The van der Waals surface area contributed by atoms with Gasteiger partial charge in [-0.05, 0) is 29.5 Å². The van der Waals surface area contributed by atoms with Crippen molar-refractivity contribution >= 4 is 17.5 Å². The van der Waals surface area contributed by atoms with Crippen LogP contribution in [0.1, 0.15) is 5.56 Å². The second kappa shape index (κ2) is 3.44. The lowest BCUT2D eigenvalue weighted by Gasteiger charge is -1.98. The molecule has 0 radical (unpaired) electrons. The Labute approximate surface area is 65.1 Å². The fourth-order valence-corrected chi connectivity index (χ4v) is 0.935. The second-order valence-corrected chi connectivity index (χ2v) is 2.32. The first-order valence-corrected chi connectivity index (χ1v) is 3.38. The number of hydrogen-bond donors (Lipinski definition) is 2. The third kappa shape index (κ3) is 1.90. The monoisotopic (exact) mass is 156 g/mol. The zero-order chi connectivity index (χ0) is 7.40. The van der Waals surface area contributed by atoms with Gasteiger partial charge >= 0.3 is 0 Å². The Morgan fingerprint density at radius 1 is 1.50 bits per heavy atom. The Balaban J connectivity index is 2.75. The van der Waals surface area contributed by atoms with Crippen LogP contribution >= 0.6 is 11.8 Å². The lowest BCUT2D eigenvalue weighted by Crippen LogP contribution is -1.98. The van der Waals surface area contributed by atoms with Crippen molar-refractivity contribution in [3.63, 3.8) is 0 Å². The van der Waals surface area contributed by atoms with Gasteiger partial charge in [-0.3, -0.25) is 0 Å². The molecule has 0 aliphatic carbocycles. The number of nitrogens with two attached hydrogens (primary N) is 1. The molecule has 0 fully saturated rings. The summed E-state index contributed by atoms with van der Waals surface area (Å²) < 4.78 is 0. The van der Waals surface area contributed by atoms with E-state index in [9.17, 15) is 0 Å². The van der Waals surface area contributed by atoms with Gasteiger partial charge in [-0.15, -0.1) is 0 Å². The van der Waals surface area contributed by atoms with Gasteiger partial charge in [-0.1, -0.05) is 12.1 Å². The Kier molecular flexibility index (Phi) is 2.54. The van der Waals surface area contributed by atoms with Gasteiger partial charge < -0.3 is 5.73 Å². The molecule has 0 bridgehead atoms. The maximum absolute atomic E-state index is 5.52. The molecule has 3 heteroatoms. The van der Waals surface area contributed by atoms with E-state index in [0.29, 0.717) is 6.54 Å². The first-order chi connectivity index (χ1) is 4.83. The molecule has 0 amide bonds. The van der Waals surface area contributed by atoms with Crippen molar-refractivity contribution in [3.05, 3.63) is 29.8 Å². The zero-order valence-electron chi connectivity index (χ0n) is 5.47. The minimum atomic E-state index is 0.645. The van der Waals surface area contributed by atoms with Gasteiger partial charge in [-0.25, -0.2) is 4.84 Å². The van der Waals surface area contributed by atoms with Crippen LogP contribution in [-0.2, 0) is 6.54 Å². The fourth-order valence-electron chi connectivity index (χ4n) is 0.780.